The first kappa shape index (κ1) is 19.3. The van der Waals surface area contributed by atoms with E-state index in [9.17, 15) is 14.4 Å². The van der Waals surface area contributed by atoms with Crippen LogP contribution in [-0.4, -0.2) is 34.3 Å². The van der Waals surface area contributed by atoms with Gasteiger partial charge in [0.15, 0.2) is 5.11 Å². The first-order chi connectivity index (χ1) is 13.1. The quantitative estimate of drug-likeness (QED) is 0.400. The molecule has 1 saturated heterocycles. The largest absolute Gasteiger partial charge is 0.357 e. The number of thiocarbonyl (C=S) groups is 1. The van der Waals surface area contributed by atoms with E-state index in [0.29, 0.717) is 11.7 Å². The number of imide groups is 1. The molecular weight excluding hydrogens is 364 g/mol. The normalized spacial score (nSPS) is 21.6. The second-order valence-corrected chi connectivity index (χ2v) is 7.33. The van der Waals surface area contributed by atoms with Gasteiger partial charge in [0.2, 0.25) is 17.7 Å². The predicted molar refractivity (Wildman–Crippen MR) is 104 cm³/mol. The maximum atomic E-state index is 12.4. The highest BCUT2D eigenvalue weighted by Crippen LogP contribution is 2.37. The highest BCUT2D eigenvalue weighted by Gasteiger charge is 2.47. The zero-order chi connectivity index (χ0) is 19.2. The fourth-order valence-corrected chi connectivity index (χ4v) is 3.80. The Morgan fingerprint density at radius 2 is 1.67 bits per heavy atom. The SMILES string of the molecule is O=C(CCN1C(=O)[C@H]2CCCC[C@H]2C1=O)NNC(=S)NCc1ccccc1. The summed E-state index contributed by atoms with van der Waals surface area (Å²) in [4.78, 5) is 38.0. The summed E-state index contributed by atoms with van der Waals surface area (Å²) in [5.74, 6) is -0.922. The molecule has 3 N–H and O–H groups in total. The summed E-state index contributed by atoms with van der Waals surface area (Å²) in [5, 5.41) is 3.28. The Hall–Kier alpha value is -2.48. The second kappa shape index (κ2) is 8.94. The molecule has 2 atom stereocenters. The van der Waals surface area contributed by atoms with E-state index in [2.05, 4.69) is 16.2 Å². The smallest absolute Gasteiger partial charge is 0.240 e. The van der Waals surface area contributed by atoms with E-state index in [1.807, 2.05) is 30.3 Å². The number of carbonyl (C=O) groups excluding carboxylic acids is 3. The molecule has 3 amide bonds. The summed E-state index contributed by atoms with van der Waals surface area (Å²) in [6.07, 6.45) is 3.59. The van der Waals surface area contributed by atoms with Crippen LogP contribution in [0.25, 0.3) is 0 Å². The predicted octanol–water partition coefficient (Wildman–Crippen LogP) is 1.25. The van der Waals surface area contributed by atoms with Crippen molar-refractivity contribution in [2.45, 2.75) is 38.6 Å². The monoisotopic (exact) mass is 388 g/mol. The topological polar surface area (TPSA) is 90.5 Å². The zero-order valence-corrected chi connectivity index (χ0v) is 15.9. The van der Waals surface area contributed by atoms with Crippen molar-refractivity contribution in [1.82, 2.24) is 21.1 Å². The van der Waals surface area contributed by atoms with Crippen molar-refractivity contribution in [3.63, 3.8) is 0 Å². The lowest BCUT2D eigenvalue weighted by molar-refractivity contribution is -0.140. The van der Waals surface area contributed by atoms with Gasteiger partial charge in [0.05, 0.1) is 11.8 Å². The molecule has 0 radical (unpaired) electrons. The summed E-state index contributed by atoms with van der Waals surface area (Å²) in [6.45, 7) is 0.657. The van der Waals surface area contributed by atoms with Gasteiger partial charge in [-0.1, -0.05) is 43.2 Å². The van der Waals surface area contributed by atoms with Crippen molar-refractivity contribution in [2.24, 2.45) is 11.8 Å². The Morgan fingerprint density at radius 3 is 2.30 bits per heavy atom. The van der Waals surface area contributed by atoms with E-state index in [1.54, 1.807) is 0 Å². The van der Waals surface area contributed by atoms with E-state index in [4.69, 9.17) is 12.2 Å². The molecule has 8 heteroatoms. The van der Waals surface area contributed by atoms with Crippen molar-refractivity contribution < 1.29 is 14.4 Å². The number of hydrogen-bond acceptors (Lipinski definition) is 4. The molecular formula is C19H24N4O3S. The molecule has 3 rings (SSSR count). The lowest BCUT2D eigenvalue weighted by Crippen LogP contribution is -2.47. The minimum atomic E-state index is -0.325. The summed E-state index contributed by atoms with van der Waals surface area (Å²) >= 11 is 5.11. The van der Waals surface area contributed by atoms with Crippen molar-refractivity contribution in [3.05, 3.63) is 35.9 Å². The van der Waals surface area contributed by atoms with Crippen LogP contribution in [0.1, 0.15) is 37.7 Å². The van der Waals surface area contributed by atoms with E-state index < -0.39 is 0 Å². The molecule has 0 spiro atoms. The van der Waals surface area contributed by atoms with Crippen molar-refractivity contribution >= 4 is 35.1 Å². The molecule has 0 aromatic heterocycles. The van der Waals surface area contributed by atoms with Gasteiger partial charge in [-0.05, 0) is 30.6 Å². The van der Waals surface area contributed by atoms with Crippen LogP contribution in [0.2, 0.25) is 0 Å². The number of nitrogens with zero attached hydrogens (tertiary/aromatic N) is 1. The van der Waals surface area contributed by atoms with Crippen LogP contribution in [0.5, 0.6) is 0 Å². The molecule has 0 bridgehead atoms. The van der Waals surface area contributed by atoms with Gasteiger partial charge in [-0.15, -0.1) is 0 Å². The third-order valence-corrected chi connectivity index (χ3v) is 5.35. The number of benzene rings is 1. The Morgan fingerprint density at radius 1 is 1.04 bits per heavy atom. The van der Waals surface area contributed by atoms with Crippen LogP contribution in [-0.2, 0) is 20.9 Å². The molecule has 2 aliphatic rings. The van der Waals surface area contributed by atoms with Gasteiger partial charge in [0.25, 0.3) is 0 Å². The first-order valence-corrected chi connectivity index (χ1v) is 9.69. The molecule has 1 aliphatic heterocycles. The first-order valence-electron chi connectivity index (χ1n) is 9.28. The van der Waals surface area contributed by atoms with Gasteiger partial charge in [-0.3, -0.25) is 30.1 Å². The van der Waals surface area contributed by atoms with E-state index in [0.717, 1.165) is 31.2 Å². The molecule has 2 fully saturated rings. The van der Waals surface area contributed by atoms with Crippen molar-refractivity contribution in [3.8, 4) is 0 Å². The number of likely N-dealkylation sites (tertiary alicyclic amines) is 1. The molecule has 1 aliphatic carbocycles. The number of amides is 3. The van der Waals surface area contributed by atoms with Gasteiger partial charge in [-0.25, -0.2) is 0 Å². The third-order valence-electron chi connectivity index (χ3n) is 5.11. The average Bonchev–Trinajstić information content (AvgIpc) is 2.94. The summed E-state index contributed by atoms with van der Waals surface area (Å²) < 4.78 is 0. The molecule has 27 heavy (non-hydrogen) atoms. The van der Waals surface area contributed by atoms with Crippen LogP contribution in [0.4, 0.5) is 0 Å². The molecule has 1 aromatic rings. The number of hydrazine groups is 1. The van der Waals surface area contributed by atoms with Crippen LogP contribution in [0.15, 0.2) is 30.3 Å². The minimum Gasteiger partial charge on any atom is -0.357 e. The highest BCUT2D eigenvalue weighted by atomic mass is 32.1. The second-order valence-electron chi connectivity index (χ2n) is 6.92. The number of nitrogens with one attached hydrogen (secondary N) is 3. The molecule has 144 valence electrons. The van der Waals surface area contributed by atoms with Gasteiger partial charge in [-0.2, -0.15) is 0 Å². The number of rotatable bonds is 5. The lowest BCUT2D eigenvalue weighted by atomic mass is 9.81. The number of carbonyl (C=O) groups is 3. The summed E-state index contributed by atoms with van der Waals surface area (Å²) in [6, 6.07) is 9.75. The van der Waals surface area contributed by atoms with E-state index in [1.165, 1.54) is 4.90 Å². The molecule has 1 heterocycles. The highest BCUT2D eigenvalue weighted by molar-refractivity contribution is 7.80. The zero-order valence-electron chi connectivity index (χ0n) is 15.1. The standard InChI is InChI=1S/C19H24N4O3S/c24-16(21-22-19(27)20-12-13-6-2-1-3-7-13)10-11-23-17(25)14-8-4-5-9-15(14)18(23)26/h1-3,6-7,14-15H,4-5,8-12H2,(H,21,24)(H2,20,22,27)/t14-,15+. The van der Waals surface area contributed by atoms with Crippen LogP contribution in [0, 0.1) is 11.8 Å². The molecule has 1 aromatic carbocycles. The fraction of sp³-hybridized carbons (Fsp3) is 0.474. The fourth-order valence-electron chi connectivity index (χ4n) is 3.68. The molecule has 0 unspecified atom stereocenters. The summed E-state index contributed by atoms with van der Waals surface area (Å²) in [5.41, 5.74) is 6.20. The van der Waals surface area contributed by atoms with Gasteiger partial charge >= 0.3 is 0 Å². The number of hydrogen-bond donors (Lipinski definition) is 3. The van der Waals surface area contributed by atoms with Crippen LogP contribution < -0.4 is 16.2 Å². The van der Waals surface area contributed by atoms with Crippen LogP contribution in [0.3, 0.4) is 0 Å². The Kier molecular flexibility index (Phi) is 6.39. The summed E-state index contributed by atoms with van der Waals surface area (Å²) in [7, 11) is 0. The lowest BCUT2D eigenvalue weighted by Gasteiger charge is -2.19. The Labute approximate surface area is 163 Å². The van der Waals surface area contributed by atoms with Gasteiger partial charge in [0.1, 0.15) is 0 Å². The molecule has 7 nitrogen and oxygen atoms in total. The average molecular weight is 388 g/mol. The van der Waals surface area contributed by atoms with E-state index in [-0.39, 0.29) is 42.5 Å². The maximum absolute atomic E-state index is 12.4. The van der Waals surface area contributed by atoms with Crippen molar-refractivity contribution in [2.75, 3.05) is 6.54 Å². The maximum Gasteiger partial charge on any atom is 0.240 e. The van der Waals surface area contributed by atoms with Gasteiger partial charge < -0.3 is 5.32 Å². The Balaban J connectivity index is 1.37. The van der Waals surface area contributed by atoms with E-state index >= 15 is 0 Å². The van der Waals surface area contributed by atoms with Crippen molar-refractivity contribution in [1.29, 1.82) is 0 Å². The third kappa shape index (κ3) is 4.82. The Bertz CT molecular complexity index is 701. The molecule has 1 saturated carbocycles. The number of fused-ring (bicyclic) bond motifs is 1. The van der Waals surface area contributed by atoms with Crippen LogP contribution >= 0.6 is 12.2 Å². The minimum absolute atomic E-state index is 0.0468. The van der Waals surface area contributed by atoms with Gasteiger partial charge in [0, 0.05) is 19.5 Å².